The summed E-state index contributed by atoms with van der Waals surface area (Å²) in [6.45, 7) is 6.94. The zero-order valence-corrected chi connectivity index (χ0v) is 17.6. The minimum atomic E-state index is -4.57. The molecule has 1 unspecified atom stereocenters. The van der Waals surface area contributed by atoms with Crippen LogP contribution in [0.3, 0.4) is 0 Å². The molecule has 0 saturated carbocycles. The highest BCUT2D eigenvalue weighted by molar-refractivity contribution is 7.86. The molecule has 0 aliphatic carbocycles. The van der Waals surface area contributed by atoms with E-state index in [1.807, 2.05) is 0 Å². The van der Waals surface area contributed by atoms with Gasteiger partial charge in [0.15, 0.2) is 0 Å². The van der Waals surface area contributed by atoms with Crippen LogP contribution in [-0.2, 0) is 21.2 Å². The highest BCUT2D eigenvalue weighted by Gasteiger charge is 2.36. The van der Waals surface area contributed by atoms with Gasteiger partial charge in [-0.2, -0.15) is 30.2 Å². The van der Waals surface area contributed by atoms with Gasteiger partial charge in [-0.1, -0.05) is 26.0 Å². The van der Waals surface area contributed by atoms with Crippen molar-refractivity contribution in [3.63, 3.8) is 0 Å². The van der Waals surface area contributed by atoms with E-state index in [-0.39, 0.29) is 18.8 Å². The van der Waals surface area contributed by atoms with Crippen molar-refractivity contribution in [2.45, 2.75) is 33.0 Å². The van der Waals surface area contributed by atoms with Crippen LogP contribution in [-0.4, -0.2) is 73.1 Å². The topological polar surface area (TPSA) is 73.0 Å². The number of piperazine rings is 1. The molecule has 1 aliphatic heterocycles. The maximum absolute atomic E-state index is 13.1. The van der Waals surface area contributed by atoms with Crippen LogP contribution >= 0.6 is 0 Å². The molecule has 0 bridgehead atoms. The van der Waals surface area contributed by atoms with Gasteiger partial charge in [0.05, 0.1) is 17.3 Å². The summed E-state index contributed by atoms with van der Waals surface area (Å²) in [5.41, 5.74) is -1.20. The molecular weight excluding hydrogens is 409 g/mol. The van der Waals surface area contributed by atoms with Gasteiger partial charge in [-0.05, 0) is 19.1 Å². The van der Waals surface area contributed by atoms with E-state index in [1.54, 1.807) is 25.7 Å². The Morgan fingerprint density at radius 2 is 1.69 bits per heavy atom. The molecule has 7 nitrogen and oxygen atoms in total. The average molecular weight is 437 g/mol. The Hall–Kier alpha value is -1.69. The second-order valence-electron chi connectivity index (χ2n) is 6.74. The largest absolute Gasteiger partial charge is 0.418 e. The second-order valence-corrected chi connectivity index (χ2v) is 8.66. The van der Waals surface area contributed by atoms with E-state index in [0.717, 1.165) is 6.07 Å². The van der Waals surface area contributed by atoms with E-state index in [0.29, 0.717) is 26.2 Å². The number of halogens is 3. The number of hydrogen-bond acceptors (Lipinski definition) is 4. The number of amides is 1. The Bertz CT molecular complexity index is 805. The Morgan fingerprint density at radius 1 is 1.14 bits per heavy atom. The van der Waals surface area contributed by atoms with Crippen molar-refractivity contribution >= 4 is 21.8 Å². The number of carbonyl (C=O) groups is 1. The molecule has 1 aliphatic rings. The van der Waals surface area contributed by atoms with Crippen LogP contribution in [0.4, 0.5) is 18.9 Å². The third-order valence-corrected chi connectivity index (χ3v) is 7.24. The molecule has 1 atom stereocenters. The fraction of sp³-hybridized carbons (Fsp3) is 0.611. The molecule has 0 radical (unpaired) electrons. The summed E-state index contributed by atoms with van der Waals surface area (Å²) in [6.07, 6.45) is -4.57. The summed E-state index contributed by atoms with van der Waals surface area (Å²) >= 11 is 0. The molecule has 1 fully saturated rings. The van der Waals surface area contributed by atoms with Gasteiger partial charge in [-0.3, -0.25) is 9.69 Å². The normalized spacial score (nSPS) is 18.0. The van der Waals surface area contributed by atoms with E-state index in [9.17, 15) is 26.4 Å². The van der Waals surface area contributed by atoms with Crippen LogP contribution in [0.15, 0.2) is 24.3 Å². The van der Waals surface area contributed by atoms with E-state index < -0.39 is 33.9 Å². The molecule has 1 aromatic rings. The van der Waals surface area contributed by atoms with Crippen molar-refractivity contribution in [1.29, 1.82) is 0 Å². The predicted molar refractivity (Wildman–Crippen MR) is 105 cm³/mol. The molecule has 1 aromatic carbocycles. The van der Waals surface area contributed by atoms with Crippen molar-refractivity contribution in [3.8, 4) is 0 Å². The maximum atomic E-state index is 13.1. The molecule has 1 heterocycles. The minimum absolute atomic E-state index is 0.218. The highest BCUT2D eigenvalue weighted by Crippen LogP contribution is 2.34. The summed E-state index contributed by atoms with van der Waals surface area (Å²) in [4.78, 5) is 14.3. The van der Waals surface area contributed by atoms with Crippen LogP contribution in [0.1, 0.15) is 26.3 Å². The van der Waals surface area contributed by atoms with Gasteiger partial charge in [-0.25, -0.2) is 0 Å². The molecule has 29 heavy (non-hydrogen) atoms. The van der Waals surface area contributed by atoms with Crippen LogP contribution in [0, 0.1) is 0 Å². The van der Waals surface area contributed by atoms with Crippen molar-refractivity contribution in [3.05, 3.63) is 29.8 Å². The number of nitrogens with zero attached hydrogens (tertiary/aromatic N) is 3. The molecule has 2 rings (SSSR count). The summed E-state index contributed by atoms with van der Waals surface area (Å²) in [6, 6.07) is 4.11. The van der Waals surface area contributed by atoms with Crippen molar-refractivity contribution in [2.24, 2.45) is 0 Å². The lowest BCUT2D eigenvalue weighted by molar-refractivity contribution is -0.137. The van der Waals surface area contributed by atoms with Gasteiger partial charge < -0.3 is 5.32 Å². The first-order valence-corrected chi connectivity index (χ1v) is 10.9. The lowest BCUT2D eigenvalue weighted by Crippen LogP contribution is -2.56. The number of alkyl halides is 3. The standard InChI is InChI=1S/C18H27F3N4O3S/c1-4-24(5-2)29(27,28)25-12-10-23(11-13-25)14(3)17(26)22-16-9-7-6-8-15(16)18(19,20)21/h6-9,14H,4-5,10-13H2,1-3H3,(H,22,26). The van der Waals surface area contributed by atoms with Crippen LogP contribution in [0.25, 0.3) is 0 Å². The number of carbonyl (C=O) groups excluding carboxylic acids is 1. The lowest BCUT2D eigenvalue weighted by Gasteiger charge is -2.38. The first-order valence-electron chi connectivity index (χ1n) is 9.48. The fourth-order valence-electron chi connectivity index (χ4n) is 3.28. The third-order valence-electron chi connectivity index (χ3n) is 5.05. The highest BCUT2D eigenvalue weighted by atomic mass is 32.2. The molecule has 0 aromatic heterocycles. The third kappa shape index (κ3) is 5.47. The van der Waals surface area contributed by atoms with Gasteiger partial charge >= 0.3 is 6.18 Å². The van der Waals surface area contributed by atoms with Crippen molar-refractivity contribution in [2.75, 3.05) is 44.6 Å². The monoisotopic (exact) mass is 436 g/mol. The number of anilines is 1. The number of para-hydroxylation sites is 1. The van der Waals surface area contributed by atoms with E-state index in [2.05, 4.69) is 5.32 Å². The Kier molecular flexibility index (Phi) is 7.66. The van der Waals surface area contributed by atoms with Crippen molar-refractivity contribution in [1.82, 2.24) is 13.5 Å². The number of rotatable bonds is 7. The predicted octanol–water partition coefficient (Wildman–Crippen LogP) is 2.24. The first-order chi connectivity index (χ1) is 13.5. The molecule has 1 amide bonds. The zero-order chi connectivity index (χ0) is 21.8. The quantitative estimate of drug-likeness (QED) is 0.712. The van der Waals surface area contributed by atoms with Gasteiger partial charge in [0.1, 0.15) is 0 Å². The molecule has 1 N–H and O–H groups in total. The second kappa shape index (κ2) is 9.41. The van der Waals surface area contributed by atoms with Gasteiger partial charge in [-0.15, -0.1) is 0 Å². The van der Waals surface area contributed by atoms with Crippen LogP contribution in [0.5, 0.6) is 0 Å². The van der Waals surface area contributed by atoms with E-state index >= 15 is 0 Å². The number of benzene rings is 1. The van der Waals surface area contributed by atoms with E-state index in [1.165, 1.54) is 26.8 Å². The first kappa shape index (κ1) is 23.6. The fourth-order valence-corrected chi connectivity index (χ4v) is 4.88. The molecule has 0 spiro atoms. The Labute approximate surface area is 169 Å². The molecular formula is C18H27F3N4O3S. The lowest BCUT2D eigenvalue weighted by atomic mass is 10.1. The molecule has 164 valence electrons. The SMILES string of the molecule is CCN(CC)S(=O)(=O)N1CCN(C(C)C(=O)Nc2ccccc2C(F)(F)F)CC1. The zero-order valence-electron chi connectivity index (χ0n) is 16.7. The average Bonchev–Trinajstić information content (AvgIpc) is 2.67. The van der Waals surface area contributed by atoms with Crippen molar-refractivity contribution < 1.29 is 26.4 Å². The number of hydrogen-bond donors (Lipinski definition) is 1. The smallest absolute Gasteiger partial charge is 0.324 e. The maximum Gasteiger partial charge on any atom is 0.418 e. The van der Waals surface area contributed by atoms with Gasteiger partial charge in [0.2, 0.25) is 5.91 Å². The minimum Gasteiger partial charge on any atom is -0.324 e. The summed E-state index contributed by atoms with van der Waals surface area (Å²) in [7, 11) is -3.55. The van der Waals surface area contributed by atoms with Crippen LogP contribution < -0.4 is 5.32 Å². The van der Waals surface area contributed by atoms with Gasteiger partial charge in [0.25, 0.3) is 10.2 Å². The van der Waals surface area contributed by atoms with E-state index in [4.69, 9.17) is 0 Å². The van der Waals surface area contributed by atoms with Crippen LogP contribution in [0.2, 0.25) is 0 Å². The summed E-state index contributed by atoms with van der Waals surface area (Å²) in [5.74, 6) is -0.568. The Balaban J connectivity index is 2.01. The number of nitrogens with one attached hydrogen (secondary N) is 1. The Morgan fingerprint density at radius 3 is 2.21 bits per heavy atom. The summed E-state index contributed by atoms with van der Waals surface area (Å²) < 4.78 is 67.2. The van der Waals surface area contributed by atoms with Gasteiger partial charge in [0, 0.05) is 39.3 Å². The molecule has 1 saturated heterocycles. The summed E-state index contributed by atoms with van der Waals surface area (Å²) in [5, 5.41) is 2.35. The molecule has 11 heteroatoms.